The second-order valence-electron chi connectivity index (χ2n) is 7.91. The number of imide groups is 1. The predicted molar refractivity (Wildman–Crippen MR) is 127 cm³/mol. The summed E-state index contributed by atoms with van der Waals surface area (Å²) < 4.78 is 4.98. The van der Waals surface area contributed by atoms with E-state index in [0.717, 1.165) is 4.90 Å². The minimum absolute atomic E-state index is 0.0637. The molecule has 1 aliphatic rings. The molecule has 1 aromatic carbocycles. The fraction of sp³-hybridized carbons (Fsp3) is 0.381. The average Bonchev–Trinajstić information content (AvgIpc) is 3.40. The van der Waals surface area contributed by atoms with Crippen LogP contribution in [0, 0.1) is 0 Å². The molecule has 16 heteroatoms. The molecule has 0 radical (unpaired) electrons. The van der Waals surface area contributed by atoms with Gasteiger partial charge in [0, 0.05) is 19.6 Å². The smallest absolute Gasteiger partial charge is 0.408 e. The van der Waals surface area contributed by atoms with E-state index in [9.17, 15) is 29.1 Å². The van der Waals surface area contributed by atoms with Crippen molar-refractivity contribution >= 4 is 41.8 Å². The number of H-pyrrole nitrogens is 1. The molecule has 1 fully saturated rings. The molecule has 2 aromatic rings. The molecule has 1 aliphatic heterocycles. The number of amides is 5. The first kappa shape index (κ1) is 26.7. The number of anilines is 2. The number of carboxylic acid groups (broad SMARTS) is 1. The Hall–Kier alpha value is -4.89. The molecule has 0 aliphatic carbocycles. The second kappa shape index (κ2) is 12.7. The Labute approximate surface area is 210 Å². The Morgan fingerprint density at radius 3 is 2.65 bits per heavy atom. The summed E-state index contributed by atoms with van der Waals surface area (Å²) in [6.45, 7) is -0.652. The molecule has 3 rings (SSSR count). The van der Waals surface area contributed by atoms with Gasteiger partial charge in [0.15, 0.2) is 0 Å². The van der Waals surface area contributed by atoms with Gasteiger partial charge in [0.05, 0.1) is 0 Å². The summed E-state index contributed by atoms with van der Waals surface area (Å²) in [5.41, 5.74) is 6.11. The van der Waals surface area contributed by atoms with E-state index in [1.807, 2.05) is 0 Å². The molecule has 1 atom stereocenters. The normalized spacial score (nSPS) is 13.8. The summed E-state index contributed by atoms with van der Waals surface area (Å²) in [7, 11) is 0. The van der Waals surface area contributed by atoms with Crippen LogP contribution in [0.25, 0.3) is 0 Å². The standard InChI is InChI=1S/C21H27N9O7/c22-18-26-19(28-27-18)23-7-4-8-29-11-16(32)30(21(29)36)10-15(31)24-9-14(17(33)34)25-20(35)37-12-13-5-2-1-3-6-13/h1-3,5-6,14H,4,7-12H2,(H,24,31)(H,25,35)(H,33,34)(H4,22,23,26,27,28)/t14-/m0/s1. The minimum atomic E-state index is -1.49. The molecular weight excluding hydrogens is 490 g/mol. The highest BCUT2D eigenvalue weighted by atomic mass is 16.5. The lowest BCUT2D eigenvalue weighted by Gasteiger charge is -2.18. The molecule has 1 aromatic heterocycles. The van der Waals surface area contributed by atoms with Gasteiger partial charge in [0.25, 0.3) is 5.91 Å². The number of benzene rings is 1. The largest absolute Gasteiger partial charge is 0.480 e. The van der Waals surface area contributed by atoms with Crippen LogP contribution in [-0.4, -0.2) is 98.8 Å². The van der Waals surface area contributed by atoms with Gasteiger partial charge >= 0.3 is 18.1 Å². The first-order chi connectivity index (χ1) is 17.7. The van der Waals surface area contributed by atoms with Crippen LogP contribution < -0.4 is 21.7 Å². The van der Waals surface area contributed by atoms with Crippen molar-refractivity contribution in [3.8, 4) is 0 Å². The van der Waals surface area contributed by atoms with E-state index in [4.69, 9.17) is 10.5 Å². The summed E-state index contributed by atoms with van der Waals surface area (Å²) in [6.07, 6.45) is -0.501. The third-order valence-electron chi connectivity index (χ3n) is 5.14. The molecule has 16 nitrogen and oxygen atoms in total. The lowest BCUT2D eigenvalue weighted by atomic mass is 10.2. The summed E-state index contributed by atoms with van der Waals surface area (Å²) in [6, 6.07) is 6.66. The van der Waals surface area contributed by atoms with Crippen molar-refractivity contribution < 1.29 is 33.8 Å². The Kier molecular flexibility index (Phi) is 9.17. The molecule has 0 unspecified atom stereocenters. The van der Waals surface area contributed by atoms with Gasteiger partial charge in [-0.25, -0.2) is 19.5 Å². The molecule has 0 spiro atoms. The topological polar surface area (TPSA) is 225 Å². The number of aromatic amines is 1. The number of aromatic nitrogens is 3. The summed E-state index contributed by atoms with van der Waals surface area (Å²) in [5.74, 6) is -2.27. The molecular formula is C21H27N9O7. The maximum absolute atomic E-state index is 12.5. The van der Waals surface area contributed by atoms with Gasteiger partial charge in [0.2, 0.25) is 17.8 Å². The Balaban J connectivity index is 1.39. The predicted octanol–water partition coefficient (Wildman–Crippen LogP) is -1.05. The van der Waals surface area contributed by atoms with Crippen molar-refractivity contribution in [3.05, 3.63) is 35.9 Å². The minimum Gasteiger partial charge on any atom is -0.480 e. The molecule has 0 saturated carbocycles. The zero-order valence-corrected chi connectivity index (χ0v) is 19.7. The van der Waals surface area contributed by atoms with Crippen LogP contribution >= 0.6 is 0 Å². The number of urea groups is 1. The fourth-order valence-electron chi connectivity index (χ4n) is 3.28. The Bertz CT molecular complexity index is 1120. The van der Waals surface area contributed by atoms with Crippen LogP contribution in [0.15, 0.2) is 30.3 Å². The maximum atomic E-state index is 12.5. The van der Waals surface area contributed by atoms with Gasteiger partial charge < -0.3 is 36.4 Å². The summed E-state index contributed by atoms with van der Waals surface area (Å²) in [4.78, 5) is 66.4. The highest BCUT2D eigenvalue weighted by molar-refractivity contribution is 6.04. The number of hydrogen-bond acceptors (Lipinski definition) is 10. The van der Waals surface area contributed by atoms with Gasteiger partial charge in [-0.2, -0.15) is 4.98 Å². The number of nitrogens with zero attached hydrogens (tertiary/aromatic N) is 4. The van der Waals surface area contributed by atoms with Crippen molar-refractivity contribution in [3.63, 3.8) is 0 Å². The lowest BCUT2D eigenvalue weighted by molar-refractivity contribution is -0.139. The van der Waals surface area contributed by atoms with E-state index >= 15 is 0 Å². The second-order valence-corrected chi connectivity index (χ2v) is 7.91. The SMILES string of the molecule is Nc1n[nH]c(NCCCN2CC(=O)N(CC(=O)NC[C@H](NC(=O)OCc3ccccc3)C(=O)O)C2=O)n1. The highest BCUT2D eigenvalue weighted by Crippen LogP contribution is 2.11. The number of aliphatic carboxylic acids is 1. The number of carboxylic acids is 1. The lowest BCUT2D eigenvalue weighted by Crippen LogP contribution is -2.50. The first-order valence-corrected chi connectivity index (χ1v) is 11.2. The van der Waals surface area contributed by atoms with Crippen molar-refractivity contribution in [1.82, 2.24) is 35.6 Å². The molecule has 5 amide bonds. The number of carbonyl (C=O) groups excluding carboxylic acids is 4. The van der Waals surface area contributed by atoms with Crippen molar-refractivity contribution in [2.24, 2.45) is 0 Å². The maximum Gasteiger partial charge on any atom is 0.408 e. The number of carbonyl (C=O) groups is 5. The number of ether oxygens (including phenoxy) is 1. The fourth-order valence-corrected chi connectivity index (χ4v) is 3.28. The van der Waals surface area contributed by atoms with E-state index in [2.05, 4.69) is 31.1 Å². The third-order valence-corrected chi connectivity index (χ3v) is 5.14. The zero-order valence-electron chi connectivity index (χ0n) is 19.7. The third kappa shape index (κ3) is 8.08. The molecule has 198 valence electrons. The van der Waals surface area contributed by atoms with E-state index in [1.54, 1.807) is 30.3 Å². The van der Waals surface area contributed by atoms with E-state index in [0.29, 0.717) is 24.5 Å². The monoisotopic (exact) mass is 517 g/mol. The van der Waals surface area contributed by atoms with Gasteiger partial charge in [-0.1, -0.05) is 30.3 Å². The van der Waals surface area contributed by atoms with Gasteiger partial charge in [-0.3, -0.25) is 14.5 Å². The van der Waals surface area contributed by atoms with Crippen LogP contribution in [0.5, 0.6) is 0 Å². The van der Waals surface area contributed by atoms with Gasteiger partial charge in [-0.05, 0) is 12.0 Å². The van der Waals surface area contributed by atoms with Crippen molar-refractivity contribution in [1.29, 1.82) is 0 Å². The number of rotatable bonds is 13. The summed E-state index contributed by atoms with van der Waals surface area (Å²) in [5, 5.41) is 23.0. The van der Waals surface area contributed by atoms with Crippen LogP contribution in [0.4, 0.5) is 21.5 Å². The van der Waals surface area contributed by atoms with Crippen LogP contribution in [-0.2, 0) is 25.7 Å². The molecule has 7 N–H and O–H groups in total. The van der Waals surface area contributed by atoms with Crippen molar-refractivity contribution in [2.75, 3.05) is 43.8 Å². The van der Waals surface area contributed by atoms with Crippen LogP contribution in [0.2, 0.25) is 0 Å². The molecule has 2 heterocycles. The number of nitrogens with two attached hydrogens (primary N) is 1. The zero-order chi connectivity index (χ0) is 26.8. The Morgan fingerprint density at radius 1 is 1.22 bits per heavy atom. The molecule has 1 saturated heterocycles. The molecule has 0 bridgehead atoms. The Morgan fingerprint density at radius 2 is 1.97 bits per heavy atom. The number of nitrogens with one attached hydrogen (secondary N) is 4. The van der Waals surface area contributed by atoms with Gasteiger partial charge in [-0.15, -0.1) is 5.10 Å². The van der Waals surface area contributed by atoms with Crippen LogP contribution in [0.3, 0.4) is 0 Å². The highest BCUT2D eigenvalue weighted by Gasteiger charge is 2.36. The van der Waals surface area contributed by atoms with Crippen LogP contribution in [0.1, 0.15) is 12.0 Å². The van der Waals surface area contributed by atoms with Gasteiger partial charge in [0.1, 0.15) is 25.7 Å². The first-order valence-electron chi connectivity index (χ1n) is 11.2. The van der Waals surface area contributed by atoms with E-state index in [-0.39, 0.29) is 25.6 Å². The number of alkyl carbamates (subject to hydrolysis) is 1. The number of hydrogen-bond donors (Lipinski definition) is 6. The van der Waals surface area contributed by atoms with E-state index in [1.165, 1.54) is 4.90 Å². The summed E-state index contributed by atoms with van der Waals surface area (Å²) >= 11 is 0. The molecule has 37 heavy (non-hydrogen) atoms. The van der Waals surface area contributed by atoms with E-state index < -0.39 is 49.0 Å². The van der Waals surface area contributed by atoms with Crippen molar-refractivity contribution in [2.45, 2.75) is 19.1 Å². The number of nitrogen functional groups attached to an aromatic ring is 1. The quantitative estimate of drug-likeness (QED) is 0.139. The average molecular weight is 518 g/mol.